The first kappa shape index (κ1) is 52.9. The molecule has 3 aromatic heterocycles. The third kappa shape index (κ3) is 16.5. The predicted octanol–water partition coefficient (Wildman–Crippen LogP) is 5.50. The minimum atomic E-state index is 0. The van der Waals surface area contributed by atoms with Gasteiger partial charge in [-0.1, -0.05) is 138 Å². The molecule has 61 heavy (non-hydrogen) atoms. The molecule has 0 radical (unpaired) electrons. The van der Waals surface area contributed by atoms with Gasteiger partial charge in [0, 0.05) is 12.8 Å². The fourth-order valence-electron chi connectivity index (χ4n) is 5.39. The van der Waals surface area contributed by atoms with Crippen LogP contribution in [0.2, 0.25) is 15.5 Å². The van der Waals surface area contributed by atoms with Crippen LogP contribution >= 0.6 is 34.8 Å². The molecule has 0 bridgehead atoms. The molecule has 3 heterocycles. The number of nitrogens with zero attached hydrogens (tertiary/aromatic N) is 8. The summed E-state index contributed by atoms with van der Waals surface area (Å²) >= 11 is 17.5. The summed E-state index contributed by atoms with van der Waals surface area (Å²) in [7, 11) is 0. The zero-order chi connectivity index (χ0) is 41.1. The second-order valence-electron chi connectivity index (χ2n) is 12.2. The SMILES string of the molecule is Clc1nc2ccccc2nc1Cc1ccccc1.Clc1nc2ccccc2nc1Cl.N#Cc1nc2ccccc2nc1Cc1ccccc1.[C-]#N.[CH2-]c1ccccc1.[Cl-].[K+].[Mg+2]. The monoisotopic (exact) mass is 912 g/mol. The molecule has 9 rings (SSSR count). The Hall–Kier alpha value is -4.25. The van der Waals surface area contributed by atoms with Crippen LogP contribution < -0.4 is 63.8 Å². The third-order valence-electron chi connectivity index (χ3n) is 8.10. The van der Waals surface area contributed by atoms with Crippen molar-refractivity contribution < 1.29 is 63.8 Å². The molecule has 0 aliphatic carbocycles. The van der Waals surface area contributed by atoms with Gasteiger partial charge in [-0.3, -0.25) is 0 Å². The maximum atomic E-state index is 9.20. The molecule has 0 aliphatic rings. The summed E-state index contributed by atoms with van der Waals surface area (Å²) in [6, 6.07) is 54.9. The van der Waals surface area contributed by atoms with E-state index in [4.69, 9.17) is 46.6 Å². The van der Waals surface area contributed by atoms with Crippen molar-refractivity contribution in [3.8, 4) is 6.07 Å². The smallest absolute Gasteiger partial charge is 1.00 e. The predicted molar refractivity (Wildman–Crippen MR) is 238 cm³/mol. The largest absolute Gasteiger partial charge is 2.00 e. The Morgan fingerprint density at radius 3 is 1.10 bits per heavy atom. The van der Waals surface area contributed by atoms with Crippen LogP contribution in [0.15, 0.2) is 164 Å². The van der Waals surface area contributed by atoms with Gasteiger partial charge < -0.3 is 24.2 Å². The Kier molecular flexibility index (Phi) is 24.6. The van der Waals surface area contributed by atoms with E-state index < -0.39 is 0 Å². The number of hydrogen-bond acceptors (Lipinski definition) is 8. The van der Waals surface area contributed by atoms with Crippen LogP contribution in [0.25, 0.3) is 33.1 Å². The standard InChI is InChI=1S/C16H11N3.C15H11ClN2.C8H4Cl2N2.C7H7.CN.ClH.K.Mg/c17-11-16-15(10-12-6-2-1-3-7-12)18-13-8-4-5-9-14(13)19-16;16-15-14(10-11-6-2-1-3-7-11)17-12-8-4-5-9-13(12)18-15;9-7-8(10)12-6-4-2-1-3-5(6)11-7;1-7-5-3-2-4-6-7;1-2;;;/h1-9H,10H2;1-9H,10H2;1-4H;2-6H,1H2;;1H;;/q;;;2*-1;;+1;+2/p-1. The van der Waals surface area contributed by atoms with E-state index in [0.717, 1.165) is 55.6 Å². The Morgan fingerprint density at radius 1 is 0.443 bits per heavy atom. The Labute approximate surface area is 435 Å². The van der Waals surface area contributed by atoms with Gasteiger partial charge in [-0.05, 0) is 47.5 Å². The second-order valence-corrected chi connectivity index (χ2v) is 13.2. The van der Waals surface area contributed by atoms with Crippen molar-refractivity contribution in [3.63, 3.8) is 0 Å². The van der Waals surface area contributed by atoms with E-state index in [2.05, 4.69) is 55.0 Å². The van der Waals surface area contributed by atoms with E-state index in [1.165, 1.54) is 5.56 Å². The number of aromatic nitrogens is 6. The molecule has 0 aliphatic heterocycles. The molecule has 0 N–H and O–H groups in total. The molecule has 0 amide bonds. The molecule has 8 nitrogen and oxygen atoms in total. The summed E-state index contributed by atoms with van der Waals surface area (Å²) in [5, 5.41) is 16.4. The summed E-state index contributed by atoms with van der Waals surface area (Å²) in [6.45, 7) is 8.47. The topological polar surface area (TPSA) is 125 Å². The minimum absolute atomic E-state index is 0. The molecule has 9 aromatic rings. The number of benzene rings is 6. The van der Waals surface area contributed by atoms with E-state index in [0.29, 0.717) is 23.7 Å². The second kappa shape index (κ2) is 28.4. The maximum absolute atomic E-state index is 9.20. The van der Waals surface area contributed by atoms with Gasteiger partial charge in [0.25, 0.3) is 0 Å². The summed E-state index contributed by atoms with van der Waals surface area (Å²) in [5.41, 5.74) is 10.2. The third-order valence-corrected chi connectivity index (χ3v) is 9.03. The number of rotatable bonds is 4. The van der Waals surface area contributed by atoms with Crippen LogP contribution in [0.5, 0.6) is 0 Å². The Bertz CT molecular complexity index is 2740. The van der Waals surface area contributed by atoms with Crippen LogP contribution in [-0.4, -0.2) is 53.0 Å². The maximum Gasteiger partial charge on any atom is 2.00 e. The fraction of sp³-hybridized carbons (Fsp3) is 0.0426. The van der Waals surface area contributed by atoms with Crippen LogP contribution in [0.4, 0.5) is 0 Å². The van der Waals surface area contributed by atoms with Crippen molar-refractivity contribution in [1.82, 2.24) is 29.9 Å². The van der Waals surface area contributed by atoms with Crippen LogP contribution in [0, 0.1) is 30.1 Å². The molecule has 0 unspecified atom stereocenters. The van der Waals surface area contributed by atoms with Crippen molar-refractivity contribution in [2.75, 3.05) is 0 Å². The first-order valence-electron chi connectivity index (χ1n) is 17.7. The quantitative estimate of drug-likeness (QED) is 0.168. The normalized spacial score (nSPS) is 9.44. The van der Waals surface area contributed by atoms with E-state index in [1.54, 1.807) is 0 Å². The van der Waals surface area contributed by atoms with Crippen molar-refractivity contribution in [2.45, 2.75) is 12.8 Å². The molecule has 14 heteroatoms. The van der Waals surface area contributed by atoms with Gasteiger partial charge >= 0.3 is 74.4 Å². The van der Waals surface area contributed by atoms with Gasteiger partial charge in [-0.25, -0.2) is 29.9 Å². The van der Waals surface area contributed by atoms with Gasteiger partial charge in [0.15, 0.2) is 21.2 Å². The van der Waals surface area contributed by atoms with Crippen molar-refractivity contribution in [3.05, 3.63) is 227 Å². The molecule has 0 saturated carbocycles. The van der Waals surface area contributed by atoms with Gasteiger partial charge in [-0.2, -0.15) is 29.9 Å². The summed E-state index contributed by atoms with van der Waals surface area (Å²) in [4.78, 5) is 26.0. The first-order chi connectivity index (χ1) is 28.4. The van der Waals surface area contributed by atoms with Gasteiger partial charge in [-0.15, -0.1) is 12.1 Å². The average molecular weight is 915 g/mol. The first-order valence-corrected chi connectivity index (χ1v) is 18.8. The number of halogens is 4. The van der Waals surface area contributed by atoms with Gasteiger partial charge in [0.2, 0.25) is 0 Å². The van der Waals surface area contributed by atoms with Crippen molar-refractivity contribution >= 4 is 91.0 Å². The molecular formula is C47H33Cl4KMgN8. The molecule has 292 valence electrons. The van der Waals surface area contributed by atoms with Crippen LogP contribution in [-0.2, 0) is 12.8 Å². The van der Waals surface area contributed by atoms with Gasteiger partial charge in [0.1, 0.15) is 6.07 Å². The molecule has 0 fully saturated rings. The average Bonchev–Trinajstić information content (AvgIpc) is 3.26. The molecule has 6 aromatic carbocycles. The zero-order valence-corrected chi connectivity index (χ0v) is 40.6. The summed E-state index contributed by atoms with van der Waals surface area (Å²) in [6.07, 6.45) is 1.33. The summed E-state index contributed by atoms with van der Waals surface area (Å²) < 4.78 is 0. The van der Waals surface area contributed by atoms with Crippen LogP contribution in [0.1, 0.15) is 33.8 Å². The van der Waals surface area contributed by atoms with E-state index in [1.807, 2.05) is 152 Å². The van der Waals surface area contributed by atoms with Crippen molar-refractivity contribution in [1.29, 1.82) is 10.5 Å². The number of para-hydroxylation sites is 6. The Balaban J connectivity index is 0.000000285. The number of nitriles is 1. The molecule has 0 atom stereocenters. The van der Waals surface area contributed by atoms with E-state index in [9.17, 15) is 5.26 Å². The van der Waals surface area contributed by atoms with E-state index >= 15 is 0 Å². The molecule has 0 spiro atoms. The zero-order valence-electron chi connectivity index (χ0n) is 33.0. The van der Waals surface area contributed by atoms with Crippen LogP contribution in [0.3, 0.4) is 0 Å². The van der Waals surface area contributed by atoms with Gasteiger partial charge in [0.05, 0.1) is 44.5 Å². The summed E-state index contributed by atoms with van der Waals surface area (Å²) in [5.74, 6) is 0. The van der Waals surface area contributed by atoms with Crippen molar-refractivity contribution in [2.24, 2.45) is 0 Å². The minimum Gasteiger partial charge on any atom is -1.00 e. The molecule has 0 saturated heterocycles. The molecular weight excluding hydrogens is 882 g/mol. The fourth-order valence-corrected chi connectivity index (χ4v) is 5.86. The Morgan fingerprint density at radius 2 is 0.738 bits per heavy atom. The van der Waals surface area contributed by atoms with E-state index in [-0.39, 0.29) is 97.2 Å². The number of hydrogen-bond donors (Lipinski definition) is 0. The number of fused-ring (bicyclic) bond motifs is 3.